The van der Waals surface area contributed by atoms with Gasteiger partial charge in [0.2, 0.25) is 0 Å². The molecular formula is C19H20N2O2. The van der Waals surface area contributed by atoms with E-state index in [0.717, 1.165) is 16.5 Å². The van der Waals surface area contributed by atoms with Crippen LogP contribution in [0, 0.1) is 0 Å². The SMILES string of the molecule is C[C@@H](C[C@H](O)c1ccccc1)NC(=O)c1cccc2[nH]ccc12. The lowest BCUT2D eigenvalue weighted by Gasteiger charge is -2.18. The molecule has 3 N–H and O–H groups in total. The van der Waals surface area contributed by atoms with Gasteiger partial charge in [-0.05, 0) is 37.1 Å². The fourth-order valence-corrected chi connectivity index (χ4v) is 2.79. The van der Waals surface area contributed by atoms with Crippen LogP contribution in [0.25, 0.3) is 10.9 Å². The minimum absolute atomic E-state index is 0.122. The molecular weight excluding hydrogens is 288 g/mol. The second-order valence-electron chi connectivity index (χ2n) is 5.78. The van der Waals surface area contributed by atoms with Gasteiger partial charge in [-0.25, -0.2) is 0 Å². The number of aromatic nitrogens is 1. The van der Waals surface area contributed by atoms with Gasteiger partial charge in [0.25, 0.3) is 5.91 Å². The van der Waals surface area contributed by atoms with Crippen molar-refractivity contribution < 1.29 is 9.90 Å². The predicted octanol–water partition coefficient (Wildman–Crippen LogP) is 3.41. The van der Waals surface area contributed by atoms with Crippen LogP contribution in [-0.2, 0) is 0 Å². The summed E-state index contributed by atoms with van der Waals surface area (Å²) in [7, 11) is 0. The number of amides is 1. The van der Waals surface area contributed by atoms with Crippen molar-refractivity contribution in [2.75, 3.05) is 0 Å². The van der Waals surface area contributed by atoms with Crippen LogP contribution in [0.15, 0.2) is 60.8 Å². The molecule has 23 heavy (non-hydrogen) atoms. The minimum Gasteiger partial charge on any atom is -0.388 e. The van der Waals surface area contributed by atoms with E-state index in [2.05, 4.69) is 10.3 Å². The van der Waals surface area contributed by atoms with Crippen LogP contribution in [-0.4, -0.2) is 22.0 Å². The molecule has 2 atom stereocenters. The summed E-state index contributed by atoms with van der Waals surface area (Å²) in [6, 6.07) is 16.9. The van der Waals surface area contributed by atoms with Crippen molar-refractivity contribution in [1.82, 2.24) is 10.3 Å². The Hall–Kier alpha value is -2.59. The number of aliphatic hydroxyl groups is 1. The maximum atomic E-state index is 12.5. The average molecular weight is 308 g/mol. The lowest BCUT2D eigenvalue weighted by molar-refractivity contribution is 0.0918. The Morgan fingerprint density at radius 1 is 1.13 bits per heavy atom. The van der Waals surface area contributed by atoms with Gasteiger partial charge in [0.05, 0.1) is 6.10 Å². The zero-order valence-electron chi connectivity index (χ0n) is 13.0. The third-order valence-electron chi connectivity index (χ3n) is 3.98. The topological polar surface area (TPSA) is 65.1 Å². The number of carbonyl (C=O) groups excluding carboxylic acids is 1. The number of rotatable bonds is 5. The van der Waals surface area contributed by atoms with Gasteiger partial charge >= 0.3 is 0 Å². The van der Waals surface area contributed by atoms with E-state index in [0.29, 0.717) is 12.0 Å². The molecule has 3 aromatic rings. The lowest BCUT2D eigenvalue weighted by atomic mass is 10.0. The molecule has 0 aliphatic heterocycles. The molecule has 0 spiro atoms. The van der Waals surface area contributed by atoms with E-state index in [1.54, 1.807) is 0 Å². The van der Waals surface area contributed by atoms with Crippen molar-refractivity contribution in [3.63, 3.8) is 0 Å². The second-order valence-corrected chi connectivity index (χ2v) is 5.78. The number of H-pyrrole nitrogens is 1. The first kappa shape index (κ1) is 15.3. The maximum absolute atomic E-state index is 12.5. The van der Waals surface area contributed by atoms with E-state index >= 15 is 0 Å². The number of hydrogen-bond donors (Lipinski definition) is 3. The van der Waals surface area contributed by atoms with Crippen LogP contribution < -0.4 is 5.32 Å². The Kier molecular flexibility index (Phi) is 4.44. The first-order chi connectivity index (χ1) is 11.1. The van der Waals surface area contributed by atoms with Gasteiger partial charge in [0, 0.05) is 28.7 Å². The predicted molar refractivity (Wildman–Crippen MR) is 91.2 cm³/mol. The molecule has 0 unspecified atom stereocenters. The van der Waals surface area contributed by atoms with Crippen molar-refractivity contribution in [3.8, 4) is 0 Å². The molecule has 1 heterocycles. The number of benzene rings is 2. The van der Waals surface area contributed by atoms with Crippen LogP contribution in [0.3, 0.4) is 0 Å². The quantitative estimate of drug-likeness (QED) is 0.676. The monoisotopic (exact) mass is 308 g/mol. The number of hydrogen-bond acceptors (Lipinski definition) is 2. The van der Waals surface area contributed by atoms with Crippen molar-refractivity contribution in [2.24, 2.45) is 0 Å². The Labute approximate surface area is 135 Å². The van der Waals surface area contributed by atoms with Gasteiger partial charge in [-0.15, -0.1) is 0 Å². The number of aromatic amines is 1. The van der Waals surface area contributed by atoms with E-state index in [1.807, 2.05) is 67.7 Å². The van der Waals surface area contributed by atoms with Crippen molar-refractivity contribution in [3.05, 3.63) is 71.9 Å². The highest BCUT2D eigenvalue weighted by Crippen LogP contribution is 2.20. The van der Waals surface area contributed by atoms with Crippen molar-refractivity contribution in [1.29, 1.82) is 0 Å². The third kappa shape index (κ3) is 3.43. The van der Waals surface area contributed by atoms with Crippen LogP contribution in [0.5, 0.6) is 0 Å². The summed E-state index contributed by atoms with van der Waals surface area (Å²) in [5.74, 6) is -0.122. The third-order valence-corrected chi connectivity index (χ3v) is 3.98. The highest BCUT2D eigenvalue weighted by molar-refractivity contribution is 6.06. The standard InChI is InChI=1S/C19H20N2O2/c1-13(12-18(22)14-6-3-2-4-7-14)21-19(23)16-8-5-9-17-15(16)10-11-20-17/h2-11,13,18,20,22H,12H2,1H3,(H,21,23)/t13-,18-/m0/s1. The van der Waals surface area contributed by atoms with Gasteiger partial charge in [0.1, 0.15) is 0 Å². The van der Waals surface area contributed by atoms with E-state index in [1.165, 1.54) is 0 Å². The summed E-state index contributed by atoms with van der Waals surface area (Å²) in [6.45, 7) is 1.90. The molecule has 2 aromatic carbocycles. The van der Waals surface area contributed by atoms with Gasteiger partial charge in [-0.1, -0.05) is 36.4 Å². The minimum atomic E-state index is -0.588. The zero-order valence-corrected chi connectivity index (χ0v) is 13.0. The molecule has 118 valence electrons. The van der Waals surface area contributed by atoms with Crippen LogP contribution >= 0.6 is 0 Å². The Balaban J connectivity index is 1.67. The maximum Gasteiger partial charge on any atom is 0.252 e. The summed E-state index contributed by atoms with van der Waals surface area (Å²) < 4.78 is 0. The highest BCUT2D eigenvalue weighted by Gasteiger charge is 2.16. The second kappa shape index (κ2) is 6.67. The molecule has 0 aliphatic carbocycles. The van der Waals surface area contributed by atoms with E-state index in [4.69, 9.17) is 0 Å². The molecule has 4 heteroatoms. The summed E-state index contributed by atoms with van der Waals surface area (Å²) in [5, 5.41) is 14.1. The van der Waals surface area contributed by atoms with Gasteiger partial charge < -0.3 is 15.4 Å². The Bertz CT molecular complexity index is 795. The van der Waals surface area contributed by atoms with E-state index in [-0.39, 0.29) is 11.9 Å². The smallest absolute Gasteiger partial charge is 0.252 e. The molecule has 0 fully saturated rings. The first-order valence-electron chi connectivity index (χ1n) is 7.75. The average Bonchev–Trinajstić information content (AvgIpc) is 3.03. The molecule has 0 saturated heterocycles. The lowest BCUT2D eigenvalue weighted by Crippen LogP contribution is -2.33. The molecule has 1 amide bonds. The molecule has 0 aliphatic rings. The fraction of sp³-hybridized carbons (Fsp3) is 0.211. The summed E-state index contributed by atoms with van der Waals surface area (Å²) in [4.78, 5) is 15.6. The summed E-state index contributed by atoms with van der Waals surface area (Å²) in [6.07, 6.45) is 1.71. The highest BCUT2D eigenvalue weighted by atomic mass is 16.3. The van der Waals surface area contributed by atoms with Crippen molar-refractivity contribution in [2.45, 2.75) is 25.5 Å². The molecule has 4 nitrogen and oxygen atoms in total. The number of carbonyl (C=O) groups is 1. The molecule has 3 rings (SSSR count). The number of aliphatic hydroxyl groups excluding tert-OH is 1. The molecule has 0 radical (unpaired) electrons. The molecule has 0 bridgehead atoms. The van der Waals surface area contributed by atoms with E-state index in [9.17, 15) is 9.90 Å². The number of nitrogens with one attached hydrogen (secondary N) is 2. The summed E-state index contributed by atoms with van der Waals surface area (Å²) >= 11 is 0. The number of fused-ring (bicyclic) bond motifs is 1. The Morgan fingerprint density at radius 2 is 1.91 bits per heavy atom. The molecule has 1 aromatic heterocycles. The Morgan fingerprint density at radius 3 is 2.70 bits per heavy atom. The van der Waals surface area contributed by atoms with Crippen LogP contribution in [0.1, 0.15) is 35.4 Å². The first-order valence-corrected chi connectivity index (χ1v) is 7.75. The normalized spacial score (nSPS) is 13.7. The zero-order chi connectivity index (χ0) is 16.2. The fourth-order valence-electron chi connectivity index (χ4n) is 2.79. The van der Waals surface area contributed by atoms with Gasteiger partial charge in [0.15, 0.2) is 0 Å². The summed E-state index contributed by atoms with van der Waals surface area (Å²) in [5.41, 5.74) is 2.45. The largest absolute Gasteiger partial charge is 0.388 e. The van der Waals surface area contributed by atoms with Gasteiger partial charge in [-0.3, -0.25) is 4.79 Å². The van der Waals surface area contributed by atoms with Gasteiger partial charge in [-0.2, -0.15) is 0 Å². The van der Waals surface area contributed by atoms with E-state index < -0.39 is 6.10 Å². The van der Waals surface area contributed by atoms with Crippen molar-refractivity contribution >= 4 is 16.8 Å². The molecule has 0 saturated carbocycles. The van der Waals surface area contributed by atoms with Crippen LogP contribution in [0.4, 0.5) is 0 Å². The van der Waals surface area contributed by atoms with Crippen LogP contribution in [0.2, 0.25) is 0 Å².